The molecule has 0 saturated heterocycles. The van der Waals surface area contributed by atoms with Crippen molar-refractivity contribution in [1.82, 2.24) is 0 Å². The Morgan fingerprint density at radius 3 is 1.29 bits per heavy atom. The van der Waals surface area contributed by atoms with Gasteiger partial charge in [-0.15, -0.1) is 0 Å². The van der Waals surface area contributed by atoms with Crippen LogP contribution in [0.2, 0.25) is 0 Å². The van der Waals surface area contributed by atoms with E-state index in [9.17, 15) is 17.3 Å². The molecule has 1 rings (SSSR count). The summed E-state index contributed by atoms with van der Waals surface area (Å²) in [6.45, 7) is 13.0. The molecule has 0 fully saturated rings. The average molecular weight is 304 g/mol. The standard InChI is InChI=1S/C14H21N2.BF4/c1-13(2,3)10-7-11(14(4,5)6)9-12(8-10)16-15;2-1(3,4)5/h7-9H,1-6H3;/q+1;-1. The van der Waals surface area contributed by atoms with E-state index >= 15 is 0 Å². The van der Waals surface area contributed by atoms with E-state index < -0.39 is 7.25 Å². The molecule has 1 aromatic rings. The molecule has 0 spiro atoms. The molecule has 0 aliphatic heterocycles. The number of hydrogen-bond donors (Lipinski definition) is 0. The summed E-state index contributed by atoms with van der Waals surface area (Å²) in [6.07, 6.45) is 0. The summed E-state index contributed by atoms with van der Waals surface area (Å²) in [5.41, 5.74) is 3.18. The molecule has 0 bridgehead atoms. The predicted octanol–water partition coefficient (Wildman–Crippen LogP) is 6.07. The first-order valence-corrected chi connectivity index (χ1v) is 6.53. The Labute approximate surface area is 123 Å². The van der Waals surface area contributed by atoms with E-state index in [-0.39, 0.29) is 10.8 Å². The van der Waals surface area contributed by atoms with Gasteiger partial charge in [0.2, 0.25) is 5.39 Å². The van der Waals surface area contributed by atoms with Crippen molar-refractivity contribution in [2.24, 2.45) is 0 Å². The van der Waals surface area contributed by atoms with E-state index in [2.05, 4.69) is 52.6 Å². The van der Waals surface area contributed by atoms with Crippen molar-refractivity contribution in [2.45, 2.75) is 52.4 Å². The van der Waals surface area contributed by atoms with Crippen LogP contribution >= 0.6 is 0 Å². The van der Waals surface area contributed by atoms with E-state index in [0.29, 0.717) is 5.69 Å². The van der Waals surface area contributed by atoms with Crippen LogP contribution in [0.15, 0.2) is 18.2 Å². The zero-order valence-corrected chi connectivity index (χ0v) is 13.2. The fourth-order valence-electron chi connectivity index (χ4n) is 1.53. The summed E-state index contributed by atoms with van der Waals surface area (Å²) in [5.74, 6) is 0. The van der Waals surface area contributed by atoms with Crippen LogP contribution in [0.3, 0.4) is 0 Å². The summed E-state index contributed by atoms with van der Waals surface area (Å²) in [5, 5.41) is 8.94. The zero-order chi connectivity index (χ0) is 17.1. The average Bonchev–Trinajstić information content (AvgIpc) is 2.23. The monoisotopic (exact) mass is 304 g/mol. The van der Waals surface area contributed by atoms with Crippen LogP contribution in [0.4, 0.5) is 23.0 Å². The summed E-state index contributed by atoms with van der Waals surface area (Å²) in [4.78, 5) is 3.32. The van der Waals surface area contributed by atoms with E-state index in [0.717, 1.165) is 0 Å². The first-order valence-electron chi connectivity index (χ1n) is 6.53. The van der Waals surface area contributed by atoms with E-state index in [1.165, 1.54) is 11.1 Å². The maximum absolute atomic E-state index is 9.75. The topological polar surface area (TPSA) is 28.1 Å². The van der Waals surface area contributed by atoms with Crippen molar-refractivity contribution in [3.63, 3.8) is 0 Å². The minimum atomic E-state index is -6.00. The first kappa shape index (κ1) is 19.4. The van der Waals surface area contributed by atoms with E-state index in [1.807, 2.05) is 12.1 Å². The van der Waals surface area contributed by atoms with E-state index in [1.54, 1.807) is 0 Å². The van der Waals surface area contributed by atoms with Gasteiger partial charge in [0.25, 0.3) is 0 Å². The van der Waals surface area contributed by atoms with Gasteiger partial charge in [-0.1, -0.05) is 47.6 Å². The second kappa shape index (κ2) is 6.46. The number of diazo groups is 1. The van der Waals surface area contributed by atoms with Gasteiger partial charge in [-0.3, -0.25) is 0 Å². The maximum Gasteiger partial charge on any atom is 0.673 e. The summed E-state index contributed by atoms with van der Waals surface area (Å²) < 4.78 is 39.0. The Morgan fingerprint density at radius 1 is 0.810 bits per heavy atom. The molecule has 0 saturated carbocycles. The third kappa shape index (κ3) is 8.33. The number of nitrogens with zero attached hydrogens (tertiary/aromatic N) is 2. The quantitative estimate of drug-likeness (QED) is 0.325. The molecule has 0 heterocycles. The third-order valence-corrected chi connectivity index (χ3v) is 2.77. The molecule has 0 aliphatic carbocycles. The lowest BCUT2D eigenvalue weighted by atomic mass is 9.80. The molecule has 0 radical (unpaired) electrons. The van der Waals surface area contributed by atoms with Crippen LogP contribution in [0.1, 0.15) is 52.7 Å². The minimum absolute atomic E-state index is 0.0701. The van der Waals surface area contributed by atoms with Crippen LogP contribution in [0.25, 0.3) is 4.98 Å². The van der Waals surface area contributed by atoms with Crippen LogP contribution in [-0.4, -0.2) is 7.25 Å². The summed E-state index contributed by atoms with van der Waals surface area (Å²) in [7, 11) is -6.00. The molecule has 0 aromatic heterocycles. The van der Waals surface area contributed by atoms with Crippen molar-refractivity contribution < 1.29 is 17.3 Å². The van der Waals surface area contributed by atoms with Crippen molar-refractivity contribution in [1.29, 1.82) is 5.39 Å². The number of benzene rings is 1. The molecular formula is C14H21BF4N2. The van der Waals surface area contributed by atoms with Gasteiger partial charge in [0.1, 0.15) is 0 Å². The lowest BCUT2D eigenvalue weighted by Crippen LogP contribution is -2.15. The smallest absolute Gasteiger partial charge is 0.418 e. The minimum Gasteiger partial charge on any atom is -0.418 e. The highest BCUT2D eigenvalue weighted by molar-refractivity contribution is 6.50. The van der Waals surface area contributed by atoms with Gasteiger partial charge in [0.05, 0.1) is 0 Å². The highest BCUT2D eigenvalue weighted by Gasteiger charge is 2.23. The van der Waals surface area contributed by atoms with Gasteiger partial charge in [-0.2, -0.15) is 0 Å². The second-order valence-corrected chi connectivity index (χ2v) is 6.86. The molecule has 0 aliphatic rings. The molecule has 1 aromatic carbocycles. The summed E-state index contributed by atoms with van der Waals surface area (Å²) >= 11 is 0. The highest BCUT2D eigenvalue weighted by atomic mass is 19.5. The van der Waals surface area contributed by atoms with Gasteiger partial charge < -0.3 is 17.3 Å². The molecule has 0 N–H and O–H groups in total. The number of halogens is 4. The number of hydrogen-bond acceptors (Lipinski definition) is 1. The van der Waals surface area contributed by atoms with Crippen LogP contribution in [0.5, 0.6) is 0 Å². The Bertz CT molecular complexity index is 481. The van der Waals surface area contributed by atoms with Crippen LogP contribution in [0, 0.1) is 5.39 Å². The lowest BCUT2D eigenvalue weighted by Gasteiger charge is -2.23. The molecule has 0 amide bonds. The predicted molar refractivity (Wildman–Crippen MR) is 78.8 cm³/mol. The van der Waals surface area contributed by atoms with Crippen molar-refractivity contribution in [2.75, 3.05) is 0 Å². The fraction of sp³-hybridized carbons (Fsp3) is 0.571. The molecule has 118 valence electrons. The molecular weight excluding hydrogens is 283 g/mol. The Hall–Kier alpha value is -1.58. The summed E-state index contributed by atoms with van der Waals surface area (Å²) in [6, 6.07) is 6.08. The molecule has 7 heteroatoms. The molecule has 21 heavy (non-hydrogen) atoms. The highest BCUT2D eigenvalue weighted by Crippen LogP contribution is 2.32. The largest absolute Gasteiger partial charge is 0.673 e. The van der Waals surface area contributed by atoms with Gasteiger partial charge >= 0.3 is 12.9 Å². The molecule has 0 unspecified atom stereocenters. The van der Waals surface area contributed by atoms with Gasteiger partial charge in [-0.05, 0) is 22.0 Å². The normalized spacial score (nSPS) is 12.2. The molecule has 0 atom stereocenters. The Balaban J connectivity index is 0.000000690. The second-order valence-electron chi connectivity index (χ2n) is 6.86. The third-order valence-electron chi connectivity index (χ3n) is 2.77. The maximum atomic E-state index is 9.75. The zero-order valence-electron chi connectivity index (χ0n) is 13.2. The van der Waals surface area contributed by atoms with Crippen molar-refractivity contribution in [3.05, 3.63) is 34.3 Å². The van der Waals surface area contributed by atoms with Crippen LogP contribution < -0.4 is 0 Å². The Morgan fingerprint density at radius 2 is 1.10 bits per heavy atom. The lowest BCUT2D eigenvalue weighted by molar-refractivity contribution is 0.368. The Kier molecular flexibility index (Phi) is 5.98. The number of rotatable bonds is 0. The SMILES string of the molecule is CC(C)(C)c1cc([N+]#N)cc(C(C)(C)C)c1.F[B-](F)(F)F. The fourth-order valence-corrected chi connectivity index (χ4v) is 1.53. The van der Waals surface area contributed by atoms with Gasteiger partial charge in [0, 0.05) is 12.1 Å². The van der Waals surface area contributed by atoms with E-state index in [4.69, 9.17) is 5.39 Å². The first-order chi connectivity index (χ1) is 9.14. The van der Waals surface area contributed by atoms with Crippen molar-refractivity contribution >= 4 is 12.9 Å². The van der Waals surface area contributed by atoms with Gasteiger partial charge in [-0.25, -0.2) is 0 Å². The van der Waals surface area contributed by atoms with Crippen LogP contribution in [-0.2, 0) is 10.8 Å². The molecule has 2 nitrogen and oxygen atoms in total. The van der Waals surface area contributed by atoms with Crippen molar-refractivity contribution in [3.8, 4) is 0 Å². The van der Waals surface area contributed by atoms with Gasteiger partial charge in [0.15, 0.2) is 4.98 Å².